The molecule has 0 aliphatic carbocycles. The molecule has 0 spiro atoms. The molecule has 0 aliphatic heterocycles. The third-order valence-electron chi connectivity index (χ3n) is 3.36. The summed E-state index contributed by atoms with van der Waals surface area (Å²) in [4.78, 5) is 0. The Hall–Kier alpha value is -0.500. The Morgan fingerprint density at radius 3 is 2.53 bits per heavy atom. The molecule has 0 aromatic heterocycles. The van der Waals surface area contributed by atoms with E-state index < -0.39 is 0 Å². The quantitative estimate of drug-likeness (QED) is 0.743. The second kappa shape index (κ2) is 7.05. The summed E-state index contributed by atoms with van der Waals surface area (Å²) in [5.41, 5.74) is 2.52. The molecule has 1 aromatic carbocycles. The second-order valence-corrected chi connectivity index (χ2v) is 5.84. The first kappa shape index (κ1) is 14.6. The van der Waals surface area contributed by atoms with Crippen LogP contribution >= 0.6 is 15.9 Å². The Kier molecular flexibility index (Phi) is 6.04. The summed E-state index contributed by atoms with van der Waals surface area (Å²) in [7, 11) is 0. The molecule has 0 amide bonds. The van der Waals surface area contributed by atoms with Crippen molar-refractivity contribution in [1.29, 1.82) is 0 Å². The van der Waals surface area contributed by atoms with Crippen LogP contribution in [0.4, 0.5) is 5.69 Å². The van der Waals surface area contributed by atoms with Gasteiger partial charge in [0.1, 0.15) is 0 Å². The predicted molar refractivity (Wildman–Crippen MR) is 80.7 cm³/mol. The van der Waals surface area contributed by atoms with Gasteiger partial charge in [0.15, 0.2) is 0 Å². The lowest BCUT2D eigenvalue weighted by Crippen LogP contribution is -2.21. The van der Waals surface area contributed by atoms with Crippen molar-refractivity contribution in [2.75, 3.05) is 5.32 Å². The summed E-state index contributed by atoms with van der Waals surface area (Å²) in [6.45, 7) is 8.98. The lowest BCUT2D eigenvalue weighted by molar-refractivity contribution is 0.461. The molecule has 0 radical (unpaired) electrons. The molecular weight excluding hydrogens is 274 g/mol. The lowest BCUT2D eigenvalue weighted by Gasteiger charge is -2.22. The first-order chi connectivity index (χ1) is 8.06. The second-order valence-electron chi connectivity index (χ2n) is 4.98. The normalized spacial score (nSPS) is 14.4. The first-order valence-electron chi connectivity index (χ1n) is 6.59. The first-order valence-corrected chi connectivity index (χ1v) is 7.38. The minimum Gasteiger partial charge on any atom is -0.381 e. The van der Waals surface area contributed by atoms with Crippen molar-refractivity contribution in [1.82, 2.24) is 0 Å². The van der Waals surface area contributed by atoms with E-state index in [1.807, 2.05) is 0 Å². The average molecular weight is 298 g/mol. The summed E-state index contributed by atoms with van der Waals surface area (Å²) in [5.74, 6) is 0.788. The van der Waals surface area contributed by atoms with Gasteiger partial charge in [-0.05, 0) is 59.3 Å². The third-order valence-corrected chi connectivity index (χ3v) is 4.05. The van der Waals surface area contributed by atoms with Crippen LogP contribution in [0.5, 0.6) is 0 Å². The van der Waals surface area contributed by atoms with Gasteiger partial charge in [-0.25, -0.2) is 0 Å². The topological polar surface area (TPSA) is 12.0 Å². The Morgan fingerprint density at radius 2 is 1.94 bits per heavy atom. The molecule has 2 atom stereocenters. The van der Waals surface area contributed by atoms with Crippen molar-refractivity contribution in [2.24, 2.45) is 5.92 Å². The van der Waals surface area contributed by atoms with Crippen molar-refractivity contribution in [3.63, 3.8) is 0 Å². The third kappa shape index (κ3) is 4.71. The Balaban J connectivity index is 2.69. The highest BCUT2D eigenvalue weighted by atomic mass is 79.9. The number of hydrogen-bond donors (Lipinski definition) is 1. The molecule has 0 bridgehead atoms. The summed E-state index contributed by atoms with van der Waals surface area (Å²) >= 11 is 3.61. The lowest BCUT2D eigenvalue weighted by atomic mass is 9.97. The summed E-state index contributed by atoms with van der Waals surface area (Å²) in [6.07, 6.45) is 3.67. The van der Waals surface area contributed by atoms with Gasteiger partial charge >= 0.3 is 0 Å². The highest BCUT2D eigenvalue weighted by molar-refractivity contribution is 9.10. The van der Waals surface area contributed by atoms with Gasteiger partial charge in [0.2, 0.25) is 0 Å². The van der Waals surface area contributed by atoms with Crippen LogP contribution in [0.3, 0.4) is 0 Å². The van der Waals surface area contributed by atoms with Crippen LogP contribution in [0.15, 0.2) is 22.7 Å². The van der Waals surface area contributed by atoms with E-state index in [-0.39, 0.29) is 0 Å². The molecule has 2 unspecified atom stereocenters. The van der Waals surface area contributed by atoms with Crippen LogP contribution in [0.1, 0.15) is 45.6 Å². The van der Waals surface area contributed by atoms with Crippen LogP contribution in [-0.2, 0) is 0 Å². The van der Waals surface area contributed by atoms with Gasteiger partial charge in [-0.15, -0.1) is 0 Å². The van der Waals surface area contributed by atoms with Crippen LogP contribution in [0.25, 0.3) is 0 Å². The maximum atomic E-state index is 3.66. The molecular formula is C15H24BrN. The molecule has 1 nitrogen and oxygen atoms in total. The van der Waals surface area contributed by atoms with E-state index in [0.717, 1.165) is 10.4 Å². The molecule has 0 aliphatic rings. The molecule has 0 saturated carbocycles. The van der Waals surface area contributed by atoms with Crippen LogP contribution in [-0.4, -0.2) is 6.04 Å². The Bertz CT molecular complexity index is 349. The molecule has 0 saturated heterocycles. The monoisotopic (exact) mass is 297 g/mol. The highest BCUT2D eigenvalue weighted by Crippen LogP contribution is 2.26. The number of nitrogens with one attached hydrogen (secondary N) is 1. The number of anilines is 1. The van der Waals surface area contributed by atoms with Crippen LogP contribution < -0.4 is 5.32 Å². The molecule has 17 heavy (non-hydrogen) atoms. The van der Waals surface area contributed by atoms with Crippen molar-refractivity contribution in [3.8, 4) is 0 Å². The van der Waals surface area contributed by atoms with Crippen LogP contribution in [0.2, 0.25) is 0 Å². The van der Waals surface area contributed by atoms with Gasteiger partial charge in [0.25, 0.3) is 0 Å². The van der Waals surface area contributed by atoms with E-state index in [4.69, 9.17) is 0 Å². The largest absolute Gasteiger partial charge is 0.381 e. The zero-order valence-electron chi connectivity index (χ0n) is 11.4. The molecule has 1 N–H and O–H groups in total. The molecule has 1 rings (SSSR count). The number of halogens is 1. The summed E-state index contributed by atoms with van der Waals surface area (Å²) in [6, 6.07) is 7.03. The molecule has 1 aromatic rings. The van der Waals surface area contributed by atoms with Crippen molar-refractivity contribution >= 4 is 21.6 Å². The van der Waals surface area contributed by atoms with E-state index in [1.54, 1.807) is 0 Å². The highest BCUT2D eigenvalue weighted by Gasteiger charge is 2.11. The molecule has 2 heteroatoms. The predicted octanol–water partition coefficient (Wildman–Crippen LogP) is 5.38. The fourth-order valence-corrected chi connectivity index (χ4v) is 2.31. The Morgan fingerprint density at radius 1 is 1.24 bits per heavy atom. The molecule has 0 fully saturated rings. The Labute approximate surface area is 114 Å². The fraction of sp³-hybridized carbons (Fsp3) is 0.600. The maximum Gasteiger partial charge on any atom is 0.0489 e. The van der Waals surface area contributed by atoms with E-state index in [1.165, 1.54) is 30.5 Å². The molecule has 0 heterocycles. The van der Waals surface area contributed by atoms with Gasteiger partial charge in [0, 0.05) is 16.2 Å². The van der Waals surface area contributed by atoms with E-state index >= 15 is 0 Å². The zero-order chi connectivity index (χ0) is 12.8. The number of hydrogen-bond acceptors (Lipinski definition) is 1. The van der Waals surface area contributed by atoms with Gasteiger partial charge in [0.05, 0.1) is 0 Å². The van der Waals surface area contributed by atoms with Gasteiger partial charge < -0.3 is 5.32 Å². The number of benzene rings is 1. The SMILES string of the molecule is CCC(C)CC(CC)Nc1cc(C)ccc1Br. The fourth-order valence-electron chi connectivity index (χ4n) is 1.95. The van der Waals surface area contributed by atoms with Crippen molar-refractivity contribution in [3.05, 3.63) is 28.2 Å². The van der Waals surface area contributed by atoms with Gasteiger partial charge in [-0.1, -0.05) is 33.3 Å². The number of rotatable bonds is 6. The number of aryl methyl sites for hydroxylation is 1. The smallest absolute Gasteiger partial charge is 0.0489 e. The minimum absolute atomic E-state index is 0.572. The standard InChI is InChI=1S/C15H24BrN/c1-5-11(3)9-13(6-2)17-15-10-12(4)7-8-14(15)16/h7-8,10-11,13,17H,5-6,9H2,1-4H3. The van der Waals surface area contributed by atoms with Crippen LogP contribution in [0, 0.1) is 12.8 Å². The van der Waals surface area contributed by atoms with Gasteiger partial charge in [-0.3, -0.25) is 0 Å². The maximum absolute atomic E-state index is 3.66. The van der Waals surface area contributed by atoms with E-state index in [2.05, 4.69) is 67.1 Å². The van der Waals surface area contributed by atoms with Crippen molar-refractivity contribution < 1.29 is 0 Å². The summed E-state index contributed by atoms with van der Waals surface area (Å²) in [5, 5.41) is 3.66. The average Bonchev–Trinajstić information content (AvgIpc) is 2.32. The van der Waals surface area contributed by atoms with Gasteiger partial charge in [-0.2, -0.15) is 0 Å². The van der Waals surface area contributed by atoms with Crippen molar-refractivity contribution in [2.45, 2.75) is 53.0 Å². The summed E-state index contributed by atoms with van der Waals surface area (Å²) < 4.78 is 1.16. The van der Waals surface area contributed by atoms with E-state index in [9.17, 15) is 0 Å². The minimum atomic E-state index is 0.572. The van der Waals surface area contributed by atoms with E-state index in [0.29, 0.717) is 6.04 Å². The molecule has 96 valence electrons. The zero-order valence-corrected chi connectivity index (χ0v) is 13.0.